The maximum absolute atomic E-state index is 13.8. The first-order valence-corrected chi connectivity index (χ1v) is 4.34. The monoisotopic (exact) mass is 292 g/mol. The van der Waals surface area contributed by atoms with Crippen LogP contribution in [0.15, 0.2) is 30.3 Å². The normalized spacial score (nSPS) is 34.3. The molecular formula is C9H6BF3K2O2. The zero-order valence-electron chi connectivity index (χ0n) is 9.49. The minimum Gasteiger partial charge on any atom is -0.891 e. The summed E-state index contributed by atoms with van der Waals surface area (Å²) < 4.78 is 40.1. The molecule has 0 radical (unpaired) electrons. The third-order valence-corrected chi connectivity index (χ3v) is 2.73. The average Bonchev–Trinajstić information content (AvgIpc) is 2.69. The molecular weight excluding hydrogens is 286 g/mol. The van der Waals surface area contributed by atoms with Gasteiger partial charge in [-0.15, -0.1) is 0 Å². The summed E-state index contributed by atoms with van der Waals surface area (Å²) in [7, 11) is -3.17. The van der Waals surface area contributed by atoms with Crippen molar-refractivity contribution in [2.75, 3.05) is 0 Å². The predicted octanol–water partition coefficient (Wildman–Crippen LogP) is -6.33. The molecule has 0 heterocycles. The molecule has 2 nitrogen and oxygen atoms in total. The van der Waals surface area contributed by atoms with Gasteiger partial charge in [0.15, 0.2) is 11.8 Å². The third kappa shape index (κ3) is 2.84. The molecule has 8 heteroatoms. The molecule has 0 aromatic heterocycles. The fraction of sp³-hybridized carbons (Fsp3) is 0.333. The summed E-state index contributed by atoms with van der Waals surface area (Å²) in [5.74, 6) is 0. The first-order valence-electron chi connectivity index (χ1n) is 4.34. The molecule has 0 N–H and O–H groups in total. The van der Waals surface area contributed by atoms with Gasteiger partial charge in [0.25, 0.3) is 0 Å². The van der Waals surface area contributed by atoms with Crippen molar-refractivity contribution in [2.24, 2.45) is 0 Å². The summed E-state index contributed by atoms with van der Waals surface area (Å²) in [6, 6.07) is 6.60. The number of hydrogen-bond donors (Lipinski definition) is 0. The van der Waals surface area contributed by atoms with E-state index in [1.807, 2.05) is 0 Å². The molecule has 3 atom stereocenters. The summed E-state index contributed by atoms with van der Waals surface area (Å²) >= 11 is 0. The van der Waals surface area contributed by atoms with Crippen molar-refractivity contribution in [1.29, 1.82) is 0 Å². The van der Waals surface area contributed by atoms with E-state index in [2.05, 4.69) is 0 Å². The molecule has 2 rings (SSSR count). The van der Waals surface area contributed by atoms with Gasteiger partial charge in [0.2, 0.25) is 0 Å². The van der Waals surface area contributed by atoms with Crippen molar-refractivity contribution in [3.05, 3.63) is 35.9 Å². The average molecular weight is 292 g/mol. The van der Waals surface area contributed by atoms with E-state index < -0.39 is 24.5 Å². The number of benzene rings is 1. The maximum Gasteiger partial charge on any atom is 1.00 e. The molecule has 0 amide bonds. The summed E-state index contributed by atoms with van der Waals surface area (Å²) in [6.45, 7) is 0. The molecule has 3 unspecified atom stereocenters. The smallest absolute Gasteiger partial charge is 0.891 e. The van der Waals surface area contributed by atoms with Gasteiger partial charge >= 0.3 is 103 Å². The minimum absolute atomic E-state index is 0. The molecule has 1 aliphatic carbocycles. The maximum atomic E-state index is 13.8. The number of hydrogen-bond acceptors (Lipinski definition) is 2. The van der Waals surface area contributed by atoms with Crippen LogP contribution in [0.5, 0.6) is 0 Å². The molecule has 0 spiro atoms. The van der Waals surface area contributed by atoms with Crippen molar-refractivity contribution in [1.82, 2.24) is 0 Å². The Bertz CT molecular complexity index is 384. The van der Waals surface area contributed by atoms with Crippen LogP contribution in [-0.2, 0) is 5.67 Å². The van der Waals surface area contributed by atoms with Crippen LogP contribution in [0.1, 0.15) is 5.56 Å². The van der Waals surface area contributed by atoms with E-state index in [1.165, 1.54) is 18.2 Å². The van der Waals surface area contributed by atoms with Gasteiger partial charge in [-0.1, -0.05) is 37.5 Å². The predicted molar refractivity (Wildman–Crippen MR) is 43.7 cm³/mol. The fourth-order valence-electron chi connectivity index (χ4n) is 1.72. The largest absolute Gasteiger partial charge is 1.00 e. The van der Waals surface area contributed by atoms with Gasteiger partial charge < -0.3 is 10.0 Å². The molecule has 17 heavy (non-hydrogen) atoms. The Labute approximate surface area is 182 Å². The molecule has 0 aliphatic heterocycles. The van der Waals surface area contributed by atoms with Crippen LogP contribution < -0.4 is 113 Å². The van der Waals surface area contributed by atoms with Crippen molar-refractivity contribution in [2.45, 2.75) is 17.4 Å². The fourth-order valence-corrected chi connectivity index (χ4v) is 1.72. The second-order valence-electron chi connectivity index (χ2n) is 3.54. The second kappa shape index (κ2) is 6.82. The first-order chi connectivity index (χ1) is 6.95. The molecule has 1 fully saturated rings. The molecule has 1 aromatic rings. The Morgan fingerprint density at radius 2 is 1.53 bits per heavy atom. The van der Waals surface area contributed by atoms with E-state index >= 15 is 0 Å². The summed E-state index contributed by atoms with van der Waals surface area (Å²) in [6.07, 6.45) is -2.67. The van der Waals surface area contributed by atoms with Crippen LogP contribution in [0.25, 0.3) is 0 Å². The zero-order valence-corrected chi connectivity index (χ0v) is 15.7. The Morgan fingerprint density at radius 1 is 1.06 bits per heavy atom. The molecule has 80 valence electrons. The SMILES string of the molecule is [K+].[K+].[O-]B([O-])C1(F)C(F)C1(F)c1ccccc1. The van der Waals surface area contributed by atoms with E-state index in [4.69, 9.17) is 0 Å². The van der Waals surface area contributed by atoms with Crippen LogP contribution in [0.2, 0.25) is 0 Å². The van der Waals surface area contributed by atoms with Gasteiger partial charge in [-0.3, -0.25) is 0 Å². The summed E-state index contributed by atoms with van der Waals surface area (Å²) in [5, 5.41) is 20.8. The molecule has 1 aliphatic rings. The summed E-state index contributed by atoms with van der Waals surface area (Å²) in [5.41, 5.74) is -6.87. The Morgan fingerprint density at radius 3 is 1.88 bits per heavy atom. The van der Waals surface area contributed by atoms with Crippen LogP contribution in [-0.4, -0.2) is 18.9 Å². The van der Waals surface area contributed by atoms with Crippen LogP contribution in [0.4, 0.5) is 13.2 Å². The second-order valence-corrected chi connectivity index (χ2v) is 3.54. The van der Waals surface area contributed by atoms with Crippen LogP contribution in [0, 0.1) is 0 Å². The Kier molecular flexibility index (Phi) is 7.73. The van der Waals surface area contributed by atoms with E-state index in [1.54, 1.807) is 0 Å². The summed E-state index contributed by atoms with van der Waals surface area (Å²) in [4.78, 5) is 0. The molecule has 1 aromatic carbocycles. The Balaban J connectivity index is 0.00000128. The number of halogens is 3. The van der Waals surface area contributed by atoms with Crippen molar-refractivity contribution >= 4 is 7.12 Å². The quantitative estimate of drug-likeness (QED) is 0.509. The van der Waals surface area contributed by atoms with Gasteiger partial charge in [-0.25, -0.2) is 13.2 Å². The van der Waals surface area contributed by atoms with Crippen LogP contribution >= 0.6 is 0 Å². The standard InChI is InChI=1S/C9H6BF3O2.2K/c11-7-8(12,9(7,13)10(14)15)6-4-2-1-3-5-6;;/h1-5,7H;;/q-2;2*+1. The first kappa shape index (κ1) is 19.3. The number of rotatable bonds is 2. The third-order valence-electron chi connectivity index (χ3n) is 2.73. The van der Waals surface area contributed by atoms with Crippen LogP contribution in [0.3, 0.4) is 0 Å². The van der Waals surface area contributed by atoms with Gasteiger partial charge in [0.1, 0.15) is 5.57 Å². The Hall–Kier alpha value is 2.27. The molecule has 0 bridgehead atoms. The van der Waals surface area contributed by atoms with E-state index in [0.717, 1.165) is 12.1 Å². The topological polar surface area (TPSA) is 46.1 Å². The zero-order chi connectivity index (χ0) is 11.3. The van der Waals surface area contributed by atoms with Crippen molar-refractivity contribution < 1.29 is 126 Å². The van der Waals surface area contributed by atoms with E-state index in [-0.39, 0.29) is 108 Å². The molecule has 0 saturated heterocycles. The van der Waals surface area contributed by atoms with Crippen molar-refractivity contribution in [3.8, 4) is 0 Å². The van der Waals surface area contributed by atoms with Gasteiger partial charge in [-0.05, 0) is 5.56 Å². The number of alkyl halides is 3. The van der Waals surface area contributed by atoms with Gasteiger partial charge in [-0.2, -0.15) is 0 Å². The van der Waals surface area contributed by atoms with E-state index in [9.17, 15) is 23.2 Å². The van der Waals surface area contributed by atoms with E-state index in [0.29, 0.717) is 0 Å². The van der Waals surface area contributed by atoms with Gasteiger partial charge in [0, 0.05) is 0 Å². The molecule has 1 saturated carbocycles. The van der Waals surface area contributed by atoms with Crippen molar-refractivity contribution in [3.63, 3.8) is 0 Å². The van der Waals surface area contributed by atoms with Gasteiger partial charge in [0.05, 0.1) is 0 Å². The minimum atomic E-state index is -3.48.